The Morgan fingerprint density at radius 3 is 2.75 bits per heavy atom. The number of fused-ring (bicyclic) bond motifs is 1. The minimum absolute atomic E-state index is 0.0760. The van der Waals surface area contributed by atoms with Gasteiger partial charge in [0, 0.05) is 43.3 Å². The van der Waals surface area contributed by atoms with E-state index in [9.17, 15) is 9.59 Å². The minimum Gasteiger partial charge on any atom is -0.385 e. The van der Waals surface area contributed by atoms with Gasteiger partial charge in [-0.25, -0.2) is 4.98 Å². The van der Waals surface area contributed by atoms with E-state index in [2.05, 4.69) is 10.3 Å². The van der Waals surface area contributed by atoms with Crippen LogP contribution in [0.1, 0.15) is 12.0 Å². The third-order valence-corrected chi connectivity index (χ3v) is 6.90. The monoisotopic (exact) mass is 491 g/mol. The second-order valence-corrected chi connectivity index (χ2v) is 9.52. The number of carbonyl (C=O) groups is 1. The molecule has 0 aliphatic rings. The van der Waals surface area contributed by atoms with Gasteiger partial charge >= 0.3 is 0 Å². The van der Waals surface area contributed by atoms with E-state index in [0.717, 1.165) is 16.5 Å². The molecule has 2 aromatic carbocycles. The van der Waals surface area contributed by atoms with Crippen molar-refractivity contribution < 1.29 is 9.53 Å². The highest BCUT2D eigenvalue weighted by atomic mass is 35.5. The third kappa shape index (κ3) is 7.27. The number of benzene rings is 2. The summed E-state index contributed by atoms with van der Waals surface area (Å²) < 4.78 is 6.75. The van der Waals surface area contributed by atoms with Crippen LogP contribution in [0.15, 0.2) is 58.5 Å². The molecule has 0 saturated heterocycles. The third-order valence-electron chi connectivity index (χ3n) is 4.64. The molecule has 0 bridgehead atoms. The number of aromatic nitrogens is 2. The van der Waals surface area contributed by atoms with Crippen LogP contribution in [-0.2, 0) is 21.8 Å². The Labute approximate surface area is 201 Å². The molecule has 3 rings (SSSR count). The standard InChI is InChI=1S/C23H26ClN3O3S2/c1-30-13-4-12-27-22(29)19-5-2-3-6-20(19)26-23(27)32-16-21(28)25-11-14-31-15-17-7-9-18(24)10-8-17/h2-3,5-10H,4,11-16H2,1H3,(H,25,28). The number of methoxy groups -OCH3 is 1. The first-order valence-corrected chi connectivity index (χ1v) is 12.8. The Hall–Kier alpha value is -2.00. The molecule has 9 heteroatoms. The lowest BCUT2D eigenvalue weighted by molar-refractivity contribution is -0.118. The van der Waals surface area contributed by atoms with Crippen LogP contribution in [0.25, 0.3) is 10.9 Å². The van der Waals surface area contributed by atoms with E-state index in [-0.39, 0.29) is 17.2 Å². The van der Waals surface area contributed by atoms with Gasteiger partial charge in [0.25, 0.3) is 5.56 Å². The number of amides is 1. The average Bonchev–Trinajstić information content (AvgIpc) is 2.80. The van der Waals surface area contributed by atoms with Gasteiger partial charge in [-0.05, 0) is 36.2 Å². The predicted molar refractivity (Wildman–Crippen MR) is 134 cm³/mol. The Morgan fingerprint density at radius 1 is 1.19 bits per heavy atom. The summed E-state index contributed by atoms with van der Waals surface area (Å²) in [5.74, 6) is 1.82. The van der Waals surface area contributed by atoms with Gasteiger partial charge in [0.15, 0.2) is 5.16 Å². The first-order valence-electron chi connectivity index (χ1n) is 10.3. The molecule has 0 fully saturated rings. The number of hydrogen-bond acceptors (Lipinski definition) is 6. The van der Waals surface area contributed by atoms with Crippen molar-refractivity contribution in [3.63, 3.8) is 0 Å². The van der Waals surface area contributed by atoms with E-state index < -0.39 is 0 Å². The second kappa shape index (κ2) is 12.9. The van der Waals surface area contributed by atoms with Crippen molar-refractivity contribution >= 4 is 51.9 Å². The number of para-hydroxylation sites is 1. The number of nitrogens with zero attached hydrogens (tertiary/aromatic N) is 2. The van der Waals surface area contributed by atoms with Crippen LogP contribution < -0.4 is 10.9 Å². The van der Waals surface area contributed by atoms with Gasteiger partial charge in [-0.1, -0.05) is 47.6 Å². The topological polar surface area (TPSA) is 73.2 Å². The lowest BCUT2D eigenvalue weighted by Crippen LogP contribution is -2.28. The van der Waals surface area contributed by atoms with Crippen molar-refractivity contribution in [3.05, 3.63) is 69.5 Å². The zero-order valence-electron chi connectivity index (χ0n) is 17.9. The van der Waals surface area contributed by atoms with Crippen LogP contribution in [0.2, 0.25) is 5.02 Å². The van der Waals surface area contributed by atoms with E-state index in [4.69, 9.17) is 16.3 Å². The number of halogens is 1. The summed E-state index contributed by atoms with van der Waals surface area (Å²) in [4.78, 5) is 29.9. The van der Waals surface area contributed by atoms with Crippen LogP contribution in [0.4, 0.5) is 0 Å². The largest absolute Gasteiger partial charge is 0.385 e. The minimum atomic E-state index is -0.0896. The normalized spacial score (nSPS) is 11.1. The van der Waals surface area contributed by atoms with Crippen molar-refractivity contribution in [1.82, 2.24) is 14.9 Å². The molecule has 1 heterocycles. The smallest absolute Gasteiger partial charge is 0.262 e. The molecular formula is C23H26ClN3O3S2. The highest BCUT2D eigenvalue weighted by molar-refractivity contribution is 7.99. The number of nitrogens with one attached hydrogen (secondary N) is 1. The molecule has 0 saturated carbocycles. The van der Waals surface area contributed by atoms with E-state index in [1.807, 2.05) is 42.5 Å². The summed E-state index contributed by atoms with van der Waals surface area (Å²) in [6, 6.07) is 15.1. The molecule has 0 atom stereocenters. The van der Waals surface area contributed by atoms with E-state index in [0.29, 0.717) is 42.2 Å². The molecule has 0 unspecified atom stereocenters. The number of hydrogen-bond donors (Lipinski definition) is 1. The molecule has 0 aliphatic carbocycles. The Bertz CT molecular complexity index is 1090. The zero-order chi connectivity index (χ0) is 22.8. The van der Waals surface area contributed by atoms with Crippen molar-refractivity contribution in [2.24, 2.45) is 0 Å². The van der Waals surface area contributed by atoms with E-state index in [1.54, 1.807) is 29.5 Å². The lowest BCUT2D eigenvalue weighted by atomic mass is 10.2. The summed E-state index contributed by atoms with van der Waals surface area (Å²) >= 11 is 8.93. The average molecular weight is 492 g/mol. The van der Waals surface area contributed by atoms with Gasteiger partial charge in [0.05, 0.1) is 16.7 Å². The van der Waals surface area contributed by atoms with E-state index >= 15 is 0 Å². The zero-order valence-corrected chi connectivity index (χ0v) is 20.3. The number of rotatable bonds is 12. The van der Waals surface area contributed by atoms with Crippen LogP contribution in [0, 0.1) is 0 Å². The highest BCUT2D eigenvalue weighted by Crippen LogP contribution is 2.18. The fourth-order valence-electron chi connectivity index (χ4n) is 3.04. The van der Waals surface area contributed by atoms with Gasteiger partial charge in [0.1, 0.15) is 0 Å². The van der Waals surface area contributed by atoms with Gasteiger partial charge in [0.2, 0.25) is 5.91 Å². The predicted octanol–water partition coefficient (Wildman–Crippen LogP) is 4.23. The first-order chi connectivity index (χ1) is 15.6. The van der Waals surface area contributed by atoms with E-state index in [1.165, 1.54) is 17.3 Å². The van der Waals surface area contributed by atoms with Gasteiger partial charge in [-0.15, -0.1) is 0 Å². The molecule has 32 heavy (non-hydrogen) atoms. The molecule has 1 N–H and O–H groups in total. The number of ether oxygens (including phenoxy) is 1. The highest BCUT2D eigenvalue weighted by Gasteiger charge is 2.13. The molecule has 0 radical (unpaired) electrons. The SMILES string of the molecule is COCCCn1c(SCC(=O)NCCSCc2ccc(Cl)cc2)nc2ccccc2c1=O. The van der Waals surface area contributed by atoms with Crippen molar-refractivity contribution in [3.8, 4) is 0 Å². The van der Waals surface area contributed by atoms with Crippen molar-refractivity contribution in [1.29, 1.82) is 0 Å². The van der Waals surface area contributed by atoms with Crippen LogP contribution >= 0.6 is 35.1 Å². The second-order valence-electron chi connectivity index (χ2n) is 7.03. The summed E-state index contributed by atoms with van der Waals surface area (Å²) in [6.07, 6.45) is 0.695. The molecule has 1 amide bonds. The number of carbonyl (C=O) groups excluding carboxylic acids is 1. The van der Waals surface area contributed by atoms with Crippen molar-refractivity contribution in [2.45, 2.75) is 23.9 Å². The van der Waals surface area contributed by atoms with Gasteiger partial charge in [-0.2, -0.15) is 11.8 Å². The summed E-state index contributed by atoms with van der Waals surface area (Å²) in [7, 11) is 1.63. The molecular weight excluding hydrogens is 466 g/mol. The van der Waals surface area contributed by atoms with Crippen molar-refractivity contribution in [2.75, 3.05) is 31.8 Å². The molecule has 6 nitrogen and oxygen atoms in total. The fourth-order valence-corrected chi connectivity index (χ4v) is 4.84. The summed E-state index contributed by atoms with van der Waals surface area (Å²) in [6.45, 7) is 1.64. The van der Waals surface area contributed by atoms with Crippen LogP contribution in [0.5, 0.6) is 0 Å². The maximum atomic E-state index is 12.9. The number of thioether (sulfide) groups is 2. The first kappa shape index (κ1) is 24.6. The maximum Gasteiger partial charge on any atom is 0.262 e. The summed E-state index contributed by atoms with van der Waals surface area (Å²) in [5.41, 5.74) is 1.75. The Balaban J connectivity index is 1.51. The Kier molecular flexibility index (Phi) is 9.92. The molecule has 0 aliphatic heterocycles. The lowest BCUT2D eigenvalue weighted by Gasteiger charge is -2.13. The quantitative estimate of drug-likeness (QED) is 0.232. The van der Waals surface area contributed by atoms with Gasteiger partial charge < -0.3 is 10.1 Å². The van der Waals surface area contributed by atoms with Gasteiger partial charge in [-0.3, -0.25) is 14.2 Å². The molecule has 3 aromatic rings. The fraction of sp³-hybridized carbons (Fsp3) is 0.348. The maximum absolute atomic E-state index is 12.9. The van der Waals surface area contributed by atoms with Crippen LogP contribution in [-0.4, -0.2) is 47.2 Å². The molecule has 1 aromatic heterocycles. The summed E-state index contributed by atoms with van der Waals surface area (Å²) in [5, 5.41) is 4.80. The Morgan fingerprint density at radius 2 is 1.97 bits per heavy atom. The van der Waals surface area contributed by atoms with Crippen LogP contribution in [0.3, 0.4) is 0 Å². The molecule has 0 spiro atoms. The molecule has 170 valence electrons.